The van der Waals surface area contributed by atoms with Gasteiger partial charge in [-0.05, 0) is 85.9 Å². The SMILES string of the molecule is CC[C@H](C)[C@@H](OC(=O)[C@H](Cc1ccc(OC)cc1)N(C)C)C(=O)N[C@H](C(=O)N(C)C(Cc1ccc(O)cc1)C(=O)N(C)[C@@H](Cc1ccc(O)cc1)C(=O)OC)C(C)C. The predicted octanol–water partition coefficient (Wildman–Crippen LogP) is 3.99. The molecule has 1 unspecified atom stereocenters. The third-order valence-corrected chi connectivity index (χ3v) is 10.5. The van der Waals surface area contributed by atoms with Crippen LogP contribution < -0.4 is 10.1 Å². The molecule has 0 aliphatic heterocycles. The molecule has 14 nitrogen and oxygen atoms in total. The lowest BCUT2D eigenvalue weighted by Crippen LogP contribution is -2.59. The van der Waals surface area contributed by atoms with E-state index in [4.69, 9.17) is 14.2 Å². The van der Waals surface area contributed by atoms with Crippen LogP contribution in [0.25, 0.3) is 0 Å². The van der Waals surface area contributed by atoms with E-state index in [2.05, 4.69) is 5.32 Å². The molecule has 0 aliphatic carbocycles. The fraction of sp³-hybridized carbons (Fsp3) is 0.477. The Balaban J connectivity index is 1.92. The third-order valence-electron chi connectivity index (χ3n) is 10.5. The fourth-order valence-electron chi connectivity index (χ4n) is 6.43. The molecule has 0 aromatic heterocycles. The number of phenols is 2. The largest absolute Gasteiger partial charge is 0.508 e. The summed E-state index contributed by atoms with van der Waals surface area (Å²) in [4.78, 5) is 74.2. The lowest BCUT2D eigenvalue weighted by atomic mass is 9.96. The number of phenolic OH excluding ortho intramolecular Hbond substituents is 2. The zero-order chi connectivity index (χ0) is 43.3. The molecule has 58 heavy (non-hydrogen) atoms. The monoisotopic (exact) mass is 804 g/mol. The first kappa shape index (κ1) is 46.8. The first-order valence-corrected chi connectivity index (χ1v) is 19.4. The van der Waals surface area contributed by atoms with Gasteiger partial charge in [-0.2, -0.15) is 0 Å². The summed E-state index contributed by atoms with van der Waals surface area (Å²) in [6, 6.07) is 15.6. The quantitative estimate of drug-likeness (QED) is 0.141. The summed E-state index contributed by atoms with van der Waals surface area (Å²) in [6.07, 6.45) is -0.341. The van der Waals surface area contributed by atoms with Gasteiger partial charge in [-0.25, -0.2) is 4.79 Å². The smallest absolute Gasteiger partial charge is 0.328 e. The van der Waals surface area contributed by atoms with Gasteiger partial charge in [-0.1, -0.05) is 64.1 Å². The molecule has 0 bridgehead atoms. The van der Waals surface area contributed by atoms with Crippen molar-refractivity contribution in [1.29, 1.82) is 0 Å². The second-order valence-electron chi connectivity index (χ2n) is 15.2. The minimum absolute atomic E-state index is 0.00475. The van der Waals surface area contributed by atoms with Gasteiger partial charge in [0.1, 0.15) is 41.4 Å². The summed E-state index contributed by atoms with van der Waals surface area (Å²) in [5, 5.41) is 22.6. The average Bonchev–Trinajstić information content (AvgIpc) is 3.21. The van der Waals surface area contributed by atoms with E-state index < -0.39 is 71.8 Å². The Kier molecular flexibility index (Phi) is 17.5. The number of amides is 3. The van der Waals surface area contributed by atoms with Crippen molar-refractivity contribution in [2.75, 3.05) is 42.4 Å². The number of benzene rings is 3. The number of nitrogens with zero attached hydrogens (tertiary/aromatic N) is 3. The maximum atomic E-state index is 14.5. The zero-order valence-electron chi connectivity index (χ0n) is 35.3. The summed E-state index contributed by atoms with van der Waals surface area (Å²) >= 11 is 0. The number of carbonyl (C=O) groups excluding carboxylic acids is 5. The van der Waals surface area contributed by atoms with Gasteiger partial charge in [-0.15, -0.1) is 0 Å². The van der Waals surface area contributed by atoms with E-state index in [0.29, 0.717) is 29.7 Å². The number of esters is 2. The first-order valence-electron chi connectivity index (χ1n) is 19.4. The summed E-state index contributed by atoms with van der Waals surface area (Å²) in [5.41, 5.74) is 2.15. The second kappa shape index (κ2) is 21.8. The molecule has 3 aromatic carbocycles. The number of nitrogens with one attached hydrogen (secondary N) is 1. The maximum Gasteiger partial charge on any atom is 0.328 e. The third kappa shape index (κ3) is 12.7. The lowest BCUT2D eigenvalue weighted by Gasteiger charge is -2.36. The van der Waals surface area contributed by atoms with Crippen molar-refractivity contribution in [3.63, 3.8) is 0 Å². The van der Waals surface area contributed by atoms with E-state index >= 15 is 0 Å². The fourth-order valence-corrected chi connectivity index (χ4v) is 6.43. The van der Waals surface area contributed by atoms with Crippen LogP contribution in [0.4, 0.5) is 0 Å². The molecule has 0 saturated carbocycles. The standard InChI is InChI=1S/C44H60N4O10/c1-11-28(4)39(58-44(55)36(46(5)6)25-31-16-22-34(56-9)23-17-31)40(51)45-38(27(2)3)42(53)47(7)35(24-29-12-18-32(49)19-13-29)41(52)48(8)37(43(54)57-10)26-30-14-20-33(50)21-15-30/h12-23,27-28,35-39,49-50H,11,24-26H2,1-10H3,(H,45,51)/t28-,35?,36-,37-,38-,39+/m0/s1. The Morgan fingerprint density at radius 3 is 1.52 bits per heavy atom. The number of ether oxygens (including phenoxy) is 3. The van der Waals surface area contributed by atoms with Crippen LogP contribution in [0.15, 0.2) is 72.8 Å². The van der Waals surface area contributed by atoms with Crippen LogP contribution in [-0.2, 0) is 52.7 Å². The van der Waals surface area contributed by atoms with Crippen molar-refractivity contribution in [2.45, 2.75) is 83.6 Å². The van der Waals surface area contributed by atoms with Crippen LogP contribution in [0, 0.1) is 11.8 Å². The molecule has 0 saturated heterocycles. The Labute approximate surface area is 342 Å². The van der Waals surface area contributed by atoms with Crippen molar-refractivity contribution in [3.05, 3.63) is 89.5 Å². The predicted molar refractivity (Wildman–Crippen MR) is 219 cm³/mol. The Morgan fingerprint density at radius 2 is 1.09 bits per heavy atom. The molecule has 0 spiro atoms. The van der Waals surface area contributed by atoms with E-state index in [1.807, 2.05) is 19.1 Å². The van der Waals surface area contributed by atoms with Gasteiger partial charge in [-0.3, -0.25) is 24.1 Å². The molecular formula is C44H60N4O10. The Morgan fingerprint density at radius 1 is 0.638 bits per heavy atom. The molecule has 316 valence electrons. The van der Waals surface area contributed by atoms with Crippen molar-refractivity contribution in [3.8, 4) is 17.2 Å². The van der Waals surface area contributed by atoms with E-state index in [1.165, 1.54) is 55.3 Å². The van der Waals surface area contributed by atoms with Gasteiger partial charge < -0.3 is 39.5 Å². The van der Waals surface area contributed by atoms with Crippen LogP contribution in [0.5, 0.6) is 17.2 Å². The van der Waals surface area contributed by atoms with Crippen LogP contribution in [0.3, 0.4) is 0 Å². The van der Waals surface area contributed by atoms with Gasteiger partial charge in [0.15, 0.2) is 6.10 Å². The highest BCUT2D eigenvalue weighted by Gasteiger charge is 2.40. The highest BCUT2D eigenvalue weighted by molar-refractivity contribution is 5.95. The molecular weight excluding hydrogens is 745 g/mol. The lowest BCUT2D eigenvalue weighted by molar-refractivity contribution is -0.164. The van der Waals surface area contributed by atoms with Crippen molar-refractivity contribution in [2.24, 2.45) is 11.8 Å². The highest BCUT2D eigenvalue weighted by atomic mass is 16.6. The molecule has 14 heteroatoms. The summed E-state index contributed by atoms with van der Waals surface area (Å²) in [5.74, 6) is -3.22. The van der Waals surface area contributed by atoms with Crippen molar-refractivity contribution in [1.82, 2.24) is 20.0 Å². The molecule has 0 radical (unpaired) electrons. The van der Waals surface area contributed by atoms with Gasteiger partial charge in [0, 0.05) is 32.9 Å². The van der Waals surface area contributed by atoms with Crippen LogP contribution in [0.2, 0.25) is 0 Å². The minimum atomic E-state index is -1.23. The van der Waals surface area contributed by atoms with Crippen LogP contribution >= 0.6 is 0 Å². The maximum absolute atomic E-state index is 14.5. The summed E-state index contributed by atoms with van der Waals surface area (Å²) < 4.78 is 16.3. The highest BCUT2D eigenvalue weighted by Crippen LogP contribution is 2.22. The molecule has 3 N–H and O–H groups in total. The first-order chi connectivity index (χ1) is 27.4. The van der Waals surface area contributed by atoms with E-state index in [1.54, 1.807) is 83.3 Å². The van der Waals surface area contributed by atoms with Gasteiger partial charge in [0.05, 0.1) is 14.2 Å². The van der Waals surface area contributed by atoms with E-state index in [9.17, 15) is 34.2 Å². The number of rotatable bonds is 20. The average molecular weight is 805 g/mol. The molecule has 3 amide bonds. The molecule has 0 aliphatic rings. The van der Waals surface area contributed by atoms with Crippen LogP contribution in [0.1, 0.15) is 50.8 Å². The van der Waals surface area contributed by atoms with Gasteiger partial charge in [0.2, 0.25) is 11.8 Å². The van der Waals surface area contributed by atoms with Crippen LogP contribution in [-0.4, -0.2) is 127 Å². The minimum Gasteiger partial charge on any atom is -0.508 e. The second-order valence-corrected chi connectivity index (χ2v) is 15.2. The zero-order valence-corrected chi connectivity index (χ0v) is 35.3. The number of hydrogen-bond donors (Lipinski definition) is 3. The number of aromatic hydroxyl groups is 2. The molecule has 0 fully saturated rings. The Hall–Kier alpha value is -5.63. The number of methoxy groups -OCH3 is 2. The summed E-state index contributed by atoms with van der Waals surface area (Å²) in [6.45, 7) is 7.18. The summed E-state index contributed by atoms with van der Waals surface area (Å²) in [7, 11) is 9.21. The van der Waals surface area contributed by atoms with Crippen molar-refractivity contribution >= 4 is 29.7 Å². The normalized spacial score (nSPS) is 14.3. The van der Waals surface area contributed by atoms with Gasteiger partial charge >= 0.3 is 11.9 Å². The van der Waals surface area contributed by atoms with E-state index in [0.717, 1.165) is 5.56 Å². The van der Waals surface area contributed by atoms with Crippen molar-refractivity contribution < 1.29 is 48.4 Å². The topological polar surface area (TPSA) is 175 Å². The molecule has 3 rings (SSSR count). The molecule has 3 aromatic rings. The number of likely N-dealkylation sites (N-methyl/N-ethyl adjacent to an activating group) is 3. The number of carbonyl (C=O) groups is 5. The number of hydrogen-bond acceptors (Lipinski definition) is 11. The Bertz CT molecular complexity index is 1820. The van der Waals surface area contributed by atoms with E-state index in [-0.39, 0.29) is 24.3 Å². The molecule has 0 heterocycles. The van der Waals surface area contributed by atoms with Gasteiger partial charge in [0.25, 0.3) is 5.91 Å². The molecule has 6 atom stereocenters.